The smallest absolute Gasteiger partial charge is 0.231 e. The Kier molecular flexibility index (Phi) is 6.66. The first kappa shape index (κ1) is 22.9. The Hall–Kier alpha value is -2.57. The van der Waals surface area contributed by atoms with E-state index in [1.54, 1.807) is 0 Å². The molecule has 1 saturated carbocycles. The van der Waals surface area contributed by atoms with Gasteiger partial charge in [0.15, 0.2) is 17.3 Å². The number of carbonyl (C=O) groups excluding carboxylic acids is 1. The molecule has 186 valence electrons. The third kappa shape index (κ3) is 4.91. The van der Waals surface area contributed by atoms with Gasteiger partial charge in [-0.15, -0.1) is 0 Å². The zero-order valence-electron chi connectivity index (χ0n) is 20.6. The van der Waals surface area contributed by atoms with Crippen molar-refractivity contribution in [3.05, 3.63) is 53.6 Å². The summed E-state index contributed by atoms with van der Waals surface area (Å²) in [6.07, 6.45) is 7.90. The minimum absolute atomic E-state index is 0.0286. The summed E-state index contributed by atoms with van der Waals surface area (Å²) in [5.41, 5.74) is 3.84. The molecule has 1 N–H and O–H groups in total. The van der Waals surface area contributed by atoms with Crippen LogP contribution in [0.2, 0.25) is 0 Å². The topological polar surface area (TPSA) is 54.0 Å². The number of nitrogens with zero attached hydrogens (tertiary/aromatic N) is 2. The summed E-state index contributed by atoms with van der Waals surface area (Å²) in [6, 6.07) is 15.0. The number of nitrogens with one attached hydrogen (secondary N) is 1. The standard InChI is InChI=1S/C29H37N3O3/c33-29(23-7-2-1-3-8-23)28(25-12-11-22-6-4-5-9-24(22)30-25)32-16-14-31(15-17-32)19-21-10-13-26-27(18-21)35-20-34-26/h4-6,9-10,13,18,23,25,28,30H,1-3,7-8,11-12,14-17,19-20H2. The van der Waals surface area contributed by atoms with Crippen molar-refractivity contribution in [2.24, 2.45) is 5.92 Å². The number of hydrogen-bond donors (Lipinski definition) is 1. The maximum Gasteiger partial charge on any atom is 0.231 e. The molecule has 2 atom stereocenters. The largest absolute Gasteiger partial charge is 0.454 e. The van der Waals surface area contributed by atoms with Gasteiger partial charge in [-0.2, -0.15) is 0 Å². The van der Waals surface area contributed by atoms with Crippen LogP contribution in [-0.2, 0) is 17.8 Å². The van der Waals surface area contributed by atoms with Crippen molar-refractivity contribution in [3.8, 4) is 11.5 Å². The van der Waals surface area contributed by atoms with Crippen LogP contribution >= 0.6 is 0 Å². The fourth-order valence-corrected chi connectivity index (χ4v) is 6.46. The molecule has 6 heteroatoms. The fourth-order valence-electron chi connectivity index (χ4n) is 6.46. The van der Waals surface area contributed by atoms with Gasteiger partial charge in [0.05, 0.1) is 6.04 Å². The molecular formula is C29H37N3O3. The van der Waals surface area contributed by atoms with Crippen LogP contribution in [0.1, 0.15) is 49.7 Å². The van der Waals surface area contributed by atoms with Crippen LogP contribution in [0, 0.1) is 5.92 Å². The molecule has 2 fully saturated rings. The molecule has 6 nitrogen and oxygen atoms in total. The number of aryl methyl sites for hydroxylation is 1. The summed E-state index contributed by atoms with van der Waals surface area (Å²) in [5, 5.41) is 3.79. The van der Waals surface area contributed by atoms with Crippen LogP contribution in [-0.4, -0.2) is 60.6 Å². The van der Waals surface area contributed by atoms with E-state index in [0.717, 1.165) is 69.9 Å². The molecule has 3 heterocycles. The summed E-state index contributed by atoms with van der Waals surface area (Å²) in [6.45, 7) is 5.05. The lowest BCUT2D eigenvalue weighted by atomic mass is 9.80. The van der Waals surface area contributed by atoms with Crippen molar-refractivity contribution < 1.29 is 14.3 Å². The molecule has 2 unspecified atom stereocenters. The second kappa shape index (κ2) is 10.2. The summed E-state index contributed by atoms with van der Waals surface area (Å²) in [4.78, 5) is 19.0. The summed E-state index contributed by atoms with van der Waals surface area (Å²) in [5.74, 6) is 2.41. The van der Waals surface area contributed by atoms with Crippen LogP contribution < -0.4 is 14.8 Å². The van der Waals surface area contributed by atoms with E-state index >= 15 is 0 Å². The Bertz CT molecular complexity index is 1040. The van der Waals surface area contributed by atoms with Crippen molar-refractivity contribution in [2.45, 2.75) is 63.6 Å². The van der Waals surface area contributed by atoms with Gasteiger partial charge in [-0.1, -0.05) is 43.5 Å². The monoisotopic (exact) mass is 475 g/mol. The van der Waals surface area contributed by atoms with Gasteiger partial charge in [-0.3, -0.25) is 14.6 Å². The number of hydrogen-bond acceptors (Lipinski definition) is 6. The minimum Gasteiger partial charge on any atom is -0.454 e. The molecule has 1 aliphatic carbocycles. The van der Waals surface area contributed by atoms with Crippen LogP contribution in [0.4, 0.5) is 5.69 Å². The third-order valence-corrected chi connectivity index (χ3v) is 8.41. The van der Waals surface area contributed by atoms with Crippen molar-refractivity contribution in [1.82, 2.24) is 9.80 Å². The van der Waals surface area contributed by atoms with Gasteiger partial charge in [0, 0.05) is 50.4 Å². The number of ether oxygens (including phenoxy) is 2. The number of carbonyl (C=O) groups is 1. The van der Waals surface area contributed by atoms with Gasteiger partial charge in [0.25, 0.3) is 0 Å². The number of anilines is 1. The second-order valence-electron chi connectivity index (χ2n) is 10.6. The van der Waals surface area contributed by atoms with E-state index in [0.29, 0.717) is 12.6 Å². The number of fused-ring (bicyclic) bond motifs is 2. The average molecular weight is 476 g/mol. The third-order valence-electron chi connectivity index (χ3n) is 8.41. The van der Waals surface area contributed by atoms with Crippen molar-refractivity contribution in [1.29, 1.82) is 0 Å². The van der Waals surface area contributed by atoms with Crippen molar-refractivity contribution in [2.75, 3.05) is 38.3 Å². The molecule has 0 aromatic heterocycles. The Labute approximate surface area is 208 Å². The Balaban J connectivity index is 1.14. The molecule has 0 bridgehead atoms. The van der Waals surface area contributed by atoms with E-state index < -0.39 is 0 Å². The highest BCUT2D eigenvalue weighted by Crippen LogP contribution is 2.34. The predicted molar refractivity (Wildman–Crippen MR) is 137 cm³/mol. The van der Waals surface area contributed by atoms with Crippen LogP contribution in [0.3, 0.4) is 0 Å². The molecule has 3 aliphatic heterocycles. The molecule has 2 aromatic rings. The predicted octanol–water partition coefficient (Wildman–Crippen LogP) is 4.48. The molecule has 35 heavy (non-hydrogen) atoms. The number of Topliss-reactive ketones (excluding diaryl/α,β-unsaturated/α-hetero) is 1. The van der Waals surface area contributed by atoms with E-state index in [1.165, 1.54) is 36.1 Å². The van der Waals surface area contributed by atoms with Crippen molar-refractivity contribution in [3.63, 3.8) is 0 Å². The lowest BCUT2D eigenvalue weighted by Crippen LogP contribution is -2.59. The van der Waals surface area contributed by atoms with E-state index in [2.05, 4.69) is 51.5 Å². The molecule has 1 saturated heterocycles. The first-order valence-electron chi connectivity index (χ1n) is 13.5. The first-order chi connectivity index (χ1) is 17.2. The maximum absolute atomic E-state index is 14.0. The highest BCUT2D eigenvalue weighted by molar-refractivity contribution is 5.88. The quantitative estimate of drug-likeness (QED) is 0.665. The van der Waals surface area contributed by atoms with E-state index in [9.17, 15) is 4.79 Å². The Morgan fingerprint density at radius 1 is 0.943 bits per heavy atom. The van der Waals surface area contributed by atoms with Crippen LogP contribution in [0.25, 0.3) is 0 Å². The Morgan fingerprint density at radius 3 is 2.60 bits per heavy atom. The summed E-state index contributed by atoms with van der Waals surface area (Å²) in [7, 11) is 0. The highest BCUT2D eigenvalue weighted by atomic mass is 16.7. The molecule has 0 spiro atoms. The molecule has 0 radical (unpaired) electrons. The van der Waals surface area contributed by atoms with E-state index in [4.69, 9.17) is 9.47 Å². The highest BCUT2D eigenvalue weighted by Gasteiger charge is 2.40. The lowest BCUT2D eigenvalue weighted by Gasteiger charge is -2.44. The first-order valence-corrected chi connectivity index (χ1v) is 13.5. The van der Waals surface area contributed by atoms with Gasteiger partial charge in [-0.25, -0.2) is 0 Å². The molecule has 4 aliphatic rings. The average Bonchev–Trinajstić information content (AvgIpc) is 3.38. The van der Waals surface area contributed by atoms with Gasteiger partial charge in [0.1, 0.15) is 0 Å². The molecule has 2 aromatic carbocycles. The summed E-state index contributed by atoms with van der Waals surface area (Å²) < 4.78 is 11.0. The molecule has 6 rings (SSSR count). The van der Waals surface area contributed by atoms with Crippen molar-refractivity contribution >= 4 is 11.5 Å². The second-order valence-corrected chi connectivity index (χ2v) is 10.6. The molecular weight excluding hydrogens is 438 g/mol. The number of piperazine rings is 1. The maximum atomic E-state index is 14.0. The Morgan fingerprint density at radius 2 is 1.74 bits per heavy atom. The van der Waals surface area contributed by atoms with Crippen LogP contribution in [0.5, 0.6) is 11.5 Å². The van der Waals surface area contributed by atoms with Crippen LogP contribution in [0.15, 0.2) is 42.5 Å². The van der Waals surface area contributed by atoms with Gasteiger partial charge < -0.3 is 14.8 Å². The van der Waals surface area contributed by atoms with Gasteiger partial charge >= 0.3 is 0 Å². The summed E-state index contributed by atoms with van der Waals surface area (Å²) >= 11 is 0. The number of rotatable bonds is 6. The lowest BCUT2D eigenvalue weighted by molar-refractivity contribution is -0.130. The number of para-hydroxylation sites is 1. The fraction of sp³-hybridized carbons (Fsp3) is 0.552. The number of benzene rings is 2. The molecule has 0 amide bonds. The number of ketones is 1. The van der Waals surface area contributed by atoms with E-state index in [-0.39, 0.29) is 18.0 Å². The van der Waals surface area contributed by atoms with E-state index in [1.807, 2.05) is 6.07 Å². The zero-order chi connectivity index (χ0) is 23.6. The van der Waals surface area contributed by atoms with Gasteiger partial charge in [0.2, 0.25) is 6.79 Å². The normalized spacial score (nSPS) is 23.9. The zero-order valence-corrected chi connectivity index (χ0v) is 20.6. The SMILES string of the molecule is O=C(C1CCCCC1)C(C1CCc2ccccc2N1)N1CCN(Cc2ccc3c(c2)OCO3)CC1. The minimum atomic E-state index is -0.0286. The van der Waals surface area contributed by atoms with Gasteiger partial charge in [-0.05, 0) is 55.0 Å².